The molecule has 0 aliphatic carbocycles. The predicted octanol–water partition coefficient (Wildman–Crippen LogP) is 5.91. The van der Waals surface area contributed by atoms with E-state index in [0.717, 1.165) is 10.9 Å². The van der Waals surface area contributed by atoms with Crippen LogP contribution >= 0.6 is 11.6 Å². The smallest absolute Gasteiger partial charge is 0.507 e. The lowest BCUT2D eigenvalue weighted by atomic mass is 9.95. The van der Waals surface area contributed by atoms with Crippen molar-refractivity contribution >= 4 is 44.9 Å². The normalized spacial score (nSPS) is 16.0. The number of carbonyl (C=O) groups excluding carboxylic acids is 1. The minimum atomic E-state index is -4.86. The number of rotatable bonds is 3. The summed E-state index contributed by atoms with van der Waals surface area (Å²) in [5, 5.41) is 12.4. The second kappa shape index (κ2) is 7.34. The zero-order chi connectivity index (χ0) is 22.6. The van der Waals surface area contributed by atoms with Crippen molar-refractivity contribution in [2.45, 2.75) is 12.3 Å². The maximum atomic E-state index is 13.4. The van der Waals surface area contributed by atoms with Gasteiger partial charge in [-0.25, -0.2) is 0 Å². The van der Waals surface area contributed by atoms with Crippen LogP contribution in [-0.4, -0.2) is 34.8 Å². The third kappa shape index (κ3) is 3.31. The molecule has 164 valence electrons. The molecule has 0 saturated carbocycles. The number of alkyl halides is 4. The average molecular weight is 461 g/mol. The summed E-state index contributed by atoms with van der Waals surface area (Å²) in [5.74, 6) is -0.720. The fraction of sp³-hybridized carbons (Fsp3) is 0.174. The summed E-state index contributed by atoms with van der Waals surface area (Å²) in [6.07, 6.45) is -4.86. The number of aromatic nitrogens is 1. The van der Waals surface area contributed by atoms with Crippen LogP contribution < -0.4 is 9.64 Å². The van der Waals surface area contributed by atoms with Crippen LogP contribution in [0.25, 0.3) is 21.7 Å². The number of nitrogens with one attached hydrogen (secondary N) is 1. The van der Waals surface area contributed by atoms with E-state index in [4.69, 9.17) is 11.6 Å². The monoisotopic (exact) mass is 460 g/mol. The first-order valence-electron chi connectivity index (χ1n) is 9.76. The number of nitrogens with zero attached hydrogens (tertiary/aromatic N) is 1. The molecular weight excluding hydrogens is 445 g/mol. The van der Waals surface area contributed by atoms with E-state index in [0.29, 0.717) is 16.5 Å². The summed E-state index contributed by atoms with van der Waals surface area (Å²) in [6, 6.07) is 14.5. The van der Waals surface area contributed by atoms with E-state index in [9.17, 15) is 23.1 Å². The first kappa shape index (κ1) is 20.5. The summed E-state index contributed by atoms with van der Waals surface area (Å²) in [4.78, 5) is 17.6. The van der Waals surface area contributed by atoms with E-state index in [-0.39, 0.29) is 35.3 Å². The fourth-order valence-corrected chi connectivity index (χ4v) is 4.60. The highest BCUT2D eigenvalue weighted by Gasteiger charge is 2.36. The van der Waals surface area contributed by atoms with Crippen LogP contribution in [0.4, 0.5) is 18.9 Å². The van der Waals surface area contributed by atoms with Crippen LogP contribution in [0.1, 0.15) is 22.0 Å². The second-order valence-electron chi connectivity index (χ2n) is 7.59. The summed E-state index contributed by atoms with van der Waals surface area (Å²) in [7, 11) is 0. The van der Waals surface area contributed by atoms with Crippen molar-refractivity contribution in [1.29, 1.82) is 0 Å². The number of phenols is 1. The number of fused-ring (bicyclic) bond motifs is 4. The molecule has 2 N–H and O–H groups in total. The Hall–Kier alpha value is -3.39. The number of anilines is 1. The number of amides is 1. The van der Waals surface area contributed by atoms with Crippen LogP contribution in [0, 0.1) is 0 Å². The van der Waals surface area contributed by atoms with Gasteiger partial charge in [-0.05, 0) is 23.1 Å². The van der Waals surface area contributed by atoms with Gasteiger partial charge in [-0.15, -0.1) is 24.8 Å². The molecule has 5 nitrogen and oxygen atoms in total. The van der Waals surface area contributed by atoms with Crippen molar-refractivity contribution in [3.8, 4) is 11.5 Å². The van der Waals surface area contributed by atoms with Crippen molar-refractivity contribution in [2.24, 2.45) is 0 Å². The Bertz CT molecular complexity index is 1370. The highest BCUT2D eigenvalue weighted by Crippen LogP contribution is 2.45. The van der Waals surface area contributed by atoms with Crippen LogP contribution in [0.3, 0.4) is 0 Å². The van der Waals surface area contributed by atoms with Gasteiger partial charge < -0.3 is 19.7 Å². The lowest BCUT2D eigenvalue weighted by molar-refractivity contribution is -0.274. The number of para-hydroxylation sites is 1. The zero-order valence-corrected chi connectivity index (χ0v) is 17.2. The van der Waals surface area contributed by atoms with Gasteiger partial charge in [0.2, 0.25) is 0 Å². The fourth-order valence-electron chi connectivity index (χ4n) is 4.34. The molecule has 0 unspecified atom stereocenters. The van der Waals surface area contributed by atoms with E-state index in [1.54, 1.807) is 12.1 Å². The van der Waals surface area contributed by atoms with Crippen LogP contribution in [0.5, 0.6) is 11.5 Å². The van der Waals surface area contributed by atoms with Crippen molar-refractivity contribution in [1.82, 2.24) is 4.98 Å². The van der Waals surface area contributed by atoms with Crippen LogP contribution in [0.15, 0.2) is 54.6 Å². The first-order valence-corrected chi connectivity index (χ1v) is 10.3. The number of halogens is 4. The van der Waals surface area contributed by atoms with Gasteiger partial charge in [0.05, 0.1) is 11.2 Å². The first-order chi connectivity index (χ1) is 15.3. The van der Waals surface area contributed by atoms with Gasteiger partial charge in [0.25, 0.3) is 5.91 Å². The minimum absolute atomic E-state index is 0.0323. The van der Waals surface area contributed by atoms with Crippen molar-refractivity contribution in [2.75, 3.05) is 17.3 Å². The van der Waals surface area contributed by atoms with Gasteiger partial charge >= 0.3 is 6.36 Å². The molecule has 0 radical (unpaired) electrons. The molecule has 4 aromatic rings. The largest absolute Gasteiger partial charge is 0.573 e. The molecule has 3 aromatic carbocycles. The number of ether oxygens (including phenoxy) is 1. The summed E-state index contributed by atoms with van der Waals surface area (Å²) in [6.45, 7) is 0.284. The van der Waals surface area contributed by atoms with Gasteiger partial charge in [0, 0.05) is 35.2 Å². The Balaban J connectivity index is 1.59. The topological polar surface area (TPSA) is 65.6 Å². The number of hydrogen-bond donors (Lipinski definition) is 2. The quantitative estimate of drug-likeness (QED) is 0.374. The number of carbonyl (C=O) groups is 1. The van der Waals surface area contributed by atoms with E-state index < -0.39 is 18.0 Å². The van der Waals surface area contributed by atoms with Gasteiger partial charge in [-0.2, -0.15) is 0 Å². The van der Waals surface area contributed by atoms with Gasteiger partial charge in [0.15, 0.2) is 5.75 Å². The molecule has 1 aliphatic heterocycles. The number of hydrogen-bond acceptors (Lipinski definition) is 3. The molecule has 1 aromatic heterocycles. The predicted molar refractivity (Wildman–Crippen MR) is 116 cm³/mol. The van der Waals surface area contributed by atoms with E-state index in [1.165, 1.54) is 29.2 Å². The third-order valence-corrected chi connectivity index (χ3v) is 6.02. The second-order valence-corrected chi connectivity index (χ2v) is 7.90. The van der Waals surface area contributed by atoms with E-state index >= 15 is 0 Å². The number of phenolic OH excluding ortho intramolecular Hbond substituents is 1. The summed E-state index contributed by atoms with van der Waals surface area (Å²) >= 11 is 6.21. The maximum Gasteiger partial charge on any atom is 0.573 e. The van der Waals surface area contributed by atoms with Gasteiger partial charge in [-0.1, -0.05) is 36.4 Å². The third-order valence-electron chi connectivity index (χ3n) is 5.65. The van der Waals surface area contributed by atoms with Gasteiger partial charge in [0.1, 0.15) is 11.4 Å². The molecule has 1 atom stereocenters. The minimum Gasteiger partial charge on any atom is -0.507 e. The van der Waals surface area contributed by atoms with Crippen molar-refractivity contribution in [3.05, 3.63) is 65.9 Å². The SMILES string of the molecule is O=C(c1cc2cccc(OC(F)(F)F)c2[nH]1)N1C[C@@H](CCl)c2c1cc(O)c1ccccc21. The Morgan fingerprint density at radius 2 is 1.91 bits per heavy atom. The Labute approximate surface area is 185 Å². The molecule has 1 aliphatic rings. The molecule has 0 spiro atoms. The maximum absolute atomic E-state index is 13.4. The highest BCUT2D eigenvalue weighted by atomic mass is 35.5. The van der Waals surface area contributed by atoms with E-state index in [1.807, 2.05) is 18.2 Å². The van der Waals surface area contributed by atoms with Crippen molar-refractivity contribution in [3.63, 3.8) is 0 Å². The zero-order valence-electron chi connectivity index (χ0n) is 16.4. The Morgan fingerprint density at radius 3 is 2.62 bits per heavy atom. The highest BCUT2D eigenvalue weighted by molar-refractivity contribution is 6.19. The molecule has 32 heavy (non-hydrogen) atoms. The molecular formula is C23H16ClF3N2O3. The molecule has 5 rings (SSSR count). The van der Waals surface area contributed by atoms with E-state index in [2.05, 4.69) is 9.72 Å². The summed E-state index contributed by atoms with van der Waals surface area (Å²) < 4.78 is 42.3. The molecule has 0 fully saturated rings. The van der Waals surface area contributed by atoms with Crippen molar-refractivity contribution < 1.29 is 27.8 Å². The number of benzene rings is 3. The number of H-pyrrole nitrogens is 1. The standard InChI is InChI=1S/C23H16ClF3N2O3/c24-10-13-11-29(17-9-18(30)14-5-1-2-6-15(14)20(13)17)22(31)16-8-12-4-3-7-19(21(12)28-16)32-23(25,26)27/h1-9,13,28,30H,10-11H2/t13-/m1/s1. The average Bonchev–Trinajstić information content (AvgIpc) is 3.35. The Morgan fingerprint density at radius 1 is 1.16 bits per heavy atom. The molecule has 1 amide bonds. The molecule has 2 heterocycles. The van der Waals surface area contributed by atoms with Crippen LogP contribution in [0.2, 0.25) is 0 Å². The summed E-state index contributed by atoms with van der Waals surface area (Å²) in [5.41, 5.74) is 1.57. The molecule has 0 saturated heterocycles. The number of aromatic amines is 1. The molecule has 9 heteroatoms. The lowest BCUT2D eigenvalue weighted by Crippen LogP contribution is -2.30. The van der Waals surface area contributed by atoms with Gasteiger partial charge in [-0.3, -0.25) is 4.79 Å². The number of aromatic hydroxyl groups is 1. The lowest BCUT2D eigenvalue weighted by Gasteiger charge is -2.17. The Kier molecular flexibility index (Phi) is 4.70. The van der Waals surface area contributed by atoms with Crippen LogP contribution in [-0.2, 0) is 0 Å². The molecule has 0 bridgehead atoms.